The Hall–Kier alpha value is -0.886. The first-order chi connectivity index (χ1) is 22.6. The molecule has 10 heteroatoms. The molecule has 4 rings (SSSR count). The number of ether oxygens (including phenoxy) is 1. The predicted molar refractivity (Wildman–Crippen MR) is 231 cm³/mol. The van der Waals surface area contributed by atoms with Crippen LogP contribution in [0.3, 0.4) is 0 Å². The Balaban J connectivity index is -0.000000222. The van der Waals surface area contributed by atoms with Crippen LogP contribution in [-0.4, -0.2) is 35.8 Å². The first-order valence-electron chi connectivity index (χ1n) is 16.8. The van der Waals surface area contributed by atoms with Crippen molar-refractivity contribution in [3.63, 3.8) is 0 Å². The second-order valence-electron chi connectivity index (χ2n) is 12.0. The fraction of sp³-hybridized carbons (Fsp3) is 0.381. The Kier molecular flexibility index (Phi) is 41.6. The molecule has 283 valence electrons. The van der Waals surface area contributed by atoms with Gasteiger partial charge < -0.3 is 44.4 Å². The van der Waals surface area contributed by atoms with Crippen LogP contribution in [-0.2, 0) is 21.8 Å². The summed E-state index contributed by atoms with van der Waals surface area (Å²) in [5.41, 5.74) is 7.13. The summed E-state index contributed by atoms with van der Waals surface area (Å²) < 4.78 is 4.83. The monoisotopic (exact) mass is 796 g/mol. The Bertz CT molecular complexity index is 1250. The van der Waals surface area contributed by atoms with Crippen LogP contribution in [0.2, 0.25) is 0 Å². The van der Waals surface area contributed by atoms with Gasteiger partial charge in [0.2, 0.25) is 0 Å². The van der Waals surface area contributed by atoms with Gasteiger partial charge in [0.25, 0.3) is 0 Å². The summed E-state index contributed by atoms with van der Waals surface area (Å²) in [4.78, 5) is 0. The second-order valence-corrected chi connectivity index (χ2v) is 19.2. The number of nitrogens with zero attached hydrogens (tertiary/aromatic N) is 2. The fourth-order valence-corrected chi connectivity index (χ4v) is 11.8. The van der Waals surface area contributed by atoms with Gasteiger partial charge in [-0.25, -0.2) is 0 Å². The zero-order valence-electron chi connectivity index (χ0n) is 34.6. The molecule has 0 aliphatic rings. The van der Waals surface area contributed by atoms with E-state index in [2.05, 4.69) is 137 Å². The van der Waals surface area contributed by atoms with Crippen molar-refractivity contribution in [3.8, 4) is 0 Å². The molecule has 4 aromatic carbocycles. The third-order valence-electron chi connectivity index (χ3n) is 7.15. The Morgan fingerprint density at radius 1 is 0.577 bits per heavy atom. The minimum absolute atomic E-state index is 0. The molecule has 0 heterocycles. The van der Waals surface area contributed by atoms with Crippen molar-refractivity contribution in [1.29, 1.82) is 5.16 Å². The van der Waals surface area contributed by atoms with Crippen LogP contribution in [0.5, 0.6) is 0 Å². The topological polar surface area (TPSA) is 61.3 Å². The van der Waals surface area contributed by atoms with E-state index in [1.165, 1.54) is 10.6 Å². The molecule has 0 saturated carbocycles. The molecule has 0 spiro atoms. The van der Waals surface area contributed by atoms with E-state index in [4.69, 9.17) is 20.5 Å². The van der Waals surface area contributed by atoms with Crippen LogP contribution in [0.4, 0.5) is 22.7 Å². The molecule has 0 aliphatic heterocycles. The van der Waals surface area contributed by atoms with Crippen molar-refractivity contribution in [2.24, 2.45) is 0 Å². The molecule has 1 N–H and O–H groups in total. The average Bonchev–Trinajstić information content (AvgIpc) is 3.05. The van der Waals surface area contributed by atoms with Crippen molar-refractivity contribution in [1.82, 2.24) is 0 Å². The normalized spacial score (nSPS) is 9.62. The van der Waals surface area contributed by atoms with Gasteiger partial charge in [-0.2, -0.15) is 0 Å². The van der Waals surface area contributed by atoms with Crippen LogP contribution in [0.1, 0.15) is 69.2 Å². The quantitative estimate of drug-likeness (QED) is 0.0871. The molecule has 1 radical (unpaired) electrons. The van der Waals surface area contributed by atoms with E-state index in [1.807, 2.05) is 50.2 Å². The van der Waals surface area contributed by atoms with Gasteiger partial charge >= 0.3 is 37.7 Å². The van der Waals surface area contributed by atoms with Crippen LogP contribution < -0.4 is 48.3 Å². The van der Waals surface area contributed by atoms with Crippen molar-refractivity contribution in [3.05, 3.63) is 135 Å². The number of rotatable bonds is 12. The maximum Gasteiger partial charge on any atom is 1.00 e. The Labute approximate surface area is 360 Å². The van der Waals surface area contributed by atoms with E-state index < -0.39 is 7.92 Å². The van der Waals surface area contributed by atoms with Gasteiger partial charge in [0, 0.05) is 38.2 Å². The van der Waals surface area contributed by atoms with E-state index in [9.17, 15) is 0 Å². The largest absolute Gasteiger partial charge is 1.00 e. The molecular weight excluding hydrogens is 733 g/mol. The minimum Gasteiger partial charge on any atom is -0.657 e. The summed E-state index contributed by atoms with van der Waals surface area (Å²) in [7, 11) is 1.99. The van der Waals surface area contributed by atoms with Crippen LogP contribution >= 0.6 is 24.9 Å². The first kappa shape index (κ1) is 60.4. The van der Waals surface area contributed by atoms with E-state index in [1.54, 1.807) is 0 Å². The maximum atomic E-state index is 5.44. The van der Waals surface area contributed by atoms with Crippen molar-refractivity contribution < 1.29 is 59.5 Å². The van der Waals surface area contributed by atoms with E-state index >= 15 is 0 Å². The number of hydrogen-bond acceptors (Lipinski definition) is 2. The van der Waals surface area contributed by atoms with E-state index in [0.717, 1.165) is 36.0 Å². The standard InChI is InChI=1S/2C18H23NP.C4H10O.2CH3.Cu.2Li.HNP/c2*1-14(2)20(15(3)4)18-13-9-8-12-17(18)19-16-10-6-5-7-11-16;1-3-5-4-2;;;;;;1-2/h2*5-15H,1-4H3;3-4H2,1-2H3;2*1H3;;;;1H/q2*-1;;2*-1;;2*+1;-1/p+1. The number of nitrogens with one attached hydrogen (secondary N) is 1. The Morgan fingerprint density at radius 2 is 0.923 bits per heavy atom. The molecule has 0 aromatic heterocycles. The number of benzene rings is 4. The SMILES string of the molecule is CC(C)P(c1ccccc1[N-]c1ccccc1)C(C)C.CC(C)[PH+](c1ccccc1[N-]c1ccccc1)C(C)C.CCOCC.N=[P-].[CH3-].[CH3-].[Cu].[Li+].[Li+]. The summed E-state index contributed by atoms with van der Waals surface area (Å²) in [5, 5.41) is 18.0. The first-order valence-corrected chi connectivity index (χ1v) is 20.4. The molecular formula is C42H64CuLi2N3OP3-2. The molecule has 0 unspecified atom stereocenters. The van der Waals surface area contributed by atoms with Gasteiger partial charge in [-0.3, -0.25) is 0 Å². The van der Waals surface area contributed by atoms with Crippen molar-refractivity contribution >= 4 is 58.2 Å². The van der Waals surface area contributed by atoms with Crippen molar-refractivity contribution in [2.45, 2.75) is 91.9 Å². The summed E-state index contributed by atoms with van der Waals surface area (Å²) in [6, 6.07) is 37.7. The average molecular weight is 797 g/mol. The molecule has 0 bridgehead atoms. The van der Waals surface area contributed by atoms with Gasteiger partial charge in [0.15, 0.2) is 0 Å². The minimum atomic E-state index is -0.599. The van der Waals surface area contributed by atoms with Crippen molar-refractivity contribution in [2.75, 3.05) is 13.2 Å². The summed E-state index contributed by atoms with van der Waals surface area (Å²) in [6.07, 6.45) is 0. The van der Waals surface area contributed by atoms with Crippen LogP contribution in [0.15, 0.2) is 109 Å². The molecule has 52 heavy (non-hydrogen) atoms. The third-order valence-corrected chi connectivity index (χ3v) is 13.8. The summed E-state index contributed by atoms with van der Waals surface area (Å²) in [6.45, 7) is 24.3. The van der Waals surface area contributed by atoms with Gasteiger partial charge in [0.1, 0.15) is 0 Å². The van der Waals surface area contributed by atoms with Gasteiger partial charge in [-0.05, 0) is 64.2 Å². The molecule has 0 aliphatic carbocycles. The second kappa shape index (κ2) is 35.8. The van der Waals surface area contributed by atoms with E-state index in [0.29, 0.717) is 22.6 Å². The fourth-order valence-electron chi connectivity index (χ4n) is 5.52. The van der Waals surface area contributed by atoms with Crippen LogP contribution in [0.25, 0.3) is 10.6 Å². The van der Waals surface area contributed by atoms with E-state index in [-0.39, 0.29) is 77.6 Å². The molecule has 0 amide bonds. The molecule has 4 nitrogen and oxygen atoms in total. The van der Waals surface area contributed by atoms with Gasteiger partial charge in [-0.15, -0.1) is 17.1 Å². The summed E-state index contributed by atoms with van der Waals surface area (Å²) in [5.74, 6) is 0. The van der Waals surface area contributed by atoms with Gasteiger partial charge in [0.05, 0.1) is 16.6 Å². The molecule has 0 saturated heterocycles. The third kappa shape index (κ3) is 22.5. The number of para-hydroxylation sites is 4. The molecule has 0 fully saturated rings. The van der Waals surface area contributed by atoms with Crippen LogP contribution in [0, 0.1) is 20.0 Å². The smallest absolute Gasteiger partial charge is 0.657 e. The molecule has 0 atom stereocenters. The zero-order chi connectivity index (χ0) is 35.2. The number of hydrogen-bond donors (Lipinski definition) is 1. The maximum absolute atomic E-state index is 5.44. The van der Waals surface area contributed by atoms with Gasteiger partial charge in [-0.1, -0.05) is 144 Å². The Morgan fingerprint density at radius 3 is 1.29 bits per heavy atom. The zero-order valence-corrected chi connectivity index (χ0v) is 38.3. The summed E-state index contributed by atoms with van der Waals surface area (Å²) >= 11 is 0. The molecule has 4 aromatic rings. The predicted octanol–water partition coefficient (Wildman–Crippen LogP) is 8.74.